The quantitative estimate of drug-likeness (QED) is 0.0254. The van der Waals surface area contributed by atoms with Gasteiger partial charge in [-0.2, -0.15) is 0 Å². The monoisotopic (exact) mass is 1540 g/mol. The van der Waals surface area contributed by atoms with Crippen LogP contribution < -0.4 is 11.0 Å². The molecule has 3 aliphatic heterocycles. The van der Waals surface area contributed by atoms with E-state index in [9.17, 15) is 24.0 Å². The summed E-state index contributed by atoms with van der Waals surface area (Å²) in [4.78, 5) is 72.4. The van der Waals surface area contributed by atoms with Crippen LogP contribution in [0.25, 0.3) is 0 Å². The number of amides is 5. The van der Waals surface area contributed by atoms with Crippen LogP contribution in [0.1, 0.15) is 513 Å². The van der Waals surface area contributed by atoms with Gasteiger partial charge in [0.05, 0.1) is 0 Å². The van der Waals surface area contributed by atoms with Crippen molar-refractivity contribution in [3.8, 4) is 0 Å². The minimum absolute atomic E-state index is 0.0661. The number of hydrogen-bond acceptors (Lipinski definition) is 13. The Balaban J connectivity index is 0. The Bertz CT molecular complexity index is 2130. The Hall–Kier alpha value is -3.93. The molecule has 5 amide bonds. The molecule has 0 aromatic carbocycles. The largest absolute Gasteiger partial charge is 0.365 e. The van der Waals surface area contributed by atoms with Crippen molar-refractivity contribution >= 4 is 29.5 Å². The van der Waals surface area contributed by atoms with Gasteiger partial charge in [0.1, 0.15) is 0 Å². The molecule has 18 nitrogen and oxygen atoms in total. The minimum Gasteiger partial charge on any atom is -0.365 e. The number of hydroxylamine groups is 2. The van der Waals surface area contributed by atoms with Crippen molar-refractivity contribution < 1.29 is 48.9 Å². The first-order chi connectivity index (χ1) is 53.2. The smallest absolute Gasteiger partial charge is 0.311 e. The molecule has 3 aliphatic rings. The number of carbonyl (C=O) groups is 5. The first-order valence-electron chi connectivity index (χ1n) is 46.8. The second-order valence-electron chi connectivity index (χ2n) is 33.1. The van der Waals surface area contributed by atoms with E-state index in [0.29, 0.717) is 6.42 Å². The number of carbonyl (C=O) groups excluding carboxylic acids is 5. The van der Waals surface area contributed by atoms with Crippen LogP contribution >= 0.6 is 0 Å². The maximum Gasteiger partial charge on any atom is 0.311 e. The lowest BCUT2D eigenvalue weighted by atomic mass is 9.73. The zero-order valence-electron chi connectivity index (χ0n) is 73.3. The first-order valence-corrected chi connectivity index (χ1v) is 46.8. The Labute approximate surface area is 671 Å². The lowest BCUT2D eigenvalue weighted by Gasteiger charge is -2.33. The second kappa shape index (κ2) is 80.7. The summed E-state index contributed by atoms with van der Waals surface area (Å²) in [5.41, 5.74) is 3.17. The van der Waals surface area contributed by atoms with Crippen molar-refractivity contribution in [2.45, 2.75) is 531 Å². The van der Waals surface area contributed by atoms with E-state index in [4.69, 9.17) is 24.9 Å². The molecule has 0 spiro atoms. The Morgan fingerprint density at radius 1 is 0.349 bits per heavy atom. The highest BCUT2D eigenvalue weighted by Gasteiger charge is 2.45. The molecule has 0 radical (unpaired) electrons. The first kappa shape index (κ1) is 107. The number of unbranched alkanes of at least 4 members (excludes halogenated alkanes) is 54. The highest BCUT2D eigenvalue weighted by atomic mass is 16.7. The minimum atomic E-state index is -0.463. The average molecular weight is 1540 g/mol. The van der Waals surface area contributed by atoms with Crippen LogP contribution in [0.15, 0.2) is 31.2 Å². The summed E-state index contributed by atoms with van der Waals surface area (Å²) >= 11 is 0. The van der Waals surface area contributed by atoms with Crippen LogP contribution in [-0.2, 0) is 38.5 Å². The fourth-order valence-corrected chi connectivity index (χ4v) is 15.4. The van der Waals surface area contributed by atoms with Gasteiger partial charge in [-0.15, -0.1) is 0 Å². The van der Waals surface area contributed by atoms with E-state index in [2.05, 4.69) is 100 Å². The molecule has 6 unspecified atom stereocenters. The highest BCUT2D eigenvalue weighted by Crippen LogP contribution is 2.41. The molecule has 6 atom stereocenters. The maximum atomic E-state index is 11.9. The zero-order valence-corrected chi connectivity index (χ0v) is 73.3. The topological polar surface area (TPSA) is 252 Å². The highest BCUT2D eigenvalue weighted by molar-refractivity contribution is 5.83. The summed E-state index contributed by atoms with van der Waals surface area (Å²) in [5, 5.41) is 37.7. The molecule has 18 heteroatoms. The SMILES string of the molecule is CCCCCCCCCCCCCC(C)C(=O)NO.CCCCCCCCCCCCCCC(=O)NO.CCCCCCCCCCCCCCC(C)(CC)C1ON=NC1=O.CCCCCCCCCCCCCCC(CC)(CC)C1ON=NC1=O.CCCCCCCCCCCCCCC(CC)C1ON=NC1=O. The number of nitrogens with one attached hydrogen (secondary N) is 2. The summed E-state index contributed by atoms with van der Waals surface area (Å²) in [6, 6.07) is 0. The molecule has 642 valence electrons. The van der Waals surface area contributed by atoms with E-state index in [1.165, 1.54) is 353 Å². The van der Waals surface area contributed by atoms with E-state index in [0.717, 1.165) is 77.0 Å². The third kappa shape index (κ3) is 62.2. The lowest BCUT2D eigenvalue weighted by molar-refractivity contribution is -0.133. The Morgan fingerprint density at radius 3 is 0.908 bits per heavy atom. The van der Waals surface area contributed by atoms with Gasteiger partial charge in [-0.1, -0.05) is 464 Å². The molecule has 109 heavy (non-hydrogen) atoms. The van der Waals surface area contributed by atoms with Crippen LogP contribution in [0.4, 0.5) is 0 Å². The van der Waals surface area contributed by atoms with Crippen LogP contribution in [-0.4, -0.2) is 58.3 Å². The summed E-state index contributed by atoms with van der Waals surface area (Å²) < 4.78 is 0. The van der Waals surface area contributed by atoms with Crippen LogP contribution in [0.5, 0.6) is 0 Å². The summed E-state index contributed by atoms with van der Waals surface area (Å²) in [7, 11) is 0. The molecule has 0 fully saturated rings. The predicted octanol–water partition coefficient (Wildman–Crippen LogP) is 29.8. The predicted molar refractivity (Wildman–Crippen MR) is 452 cm³/mol. The summed E-state index contributed by atoms with van der Waals surface area (Å²) in [6.07, 6.45) is 85.8. The van der Waals surface area contributed by atoms with Crippen LogP contribution in [0.3, 0.4) is 0 Å². The van der Waals surface area contributed by atoms with Gasteiger partial charge in [0.2, 0.25) is 30.1 Å². The van der Waals surface area contributed by atoms with E-state index >= 15 is 0 Å². The van der Waals surface area contributed by atoms with Gasteiger partial charge in [-0.3, -0.25) is 34.4 Å². The fourth-order valence-electron chi connectivity index (χ4n) is 15.4. The summed E-state index contributed by atoms with van der Waals surface area (Å²) in [5.74, 6) is -0.907. The molecule has 3 rings (SSSR count). The van der Waals surface area contributed by atoms with Gasteiger partial charge in [0.25, 0.3) is 0 Å². The molecule has 0 aliphatic carbocycles. The van der Waals surface area contributed by atoms with Crippen molar-refractivity contribution in [2.75, 3.05) is 0 Å². The molecular formula is C91H178N8O10. The van der Waals surface area contributed by atoms with Gasteiger partial charge in [0.15, 0.2) is 0 Å². The van der Waals surface area contributed by atoms with E-state index in [1.54, 1.807) is 11.0 Å². The lowest BCUT2D eigenvalue weighted by Crippen LogP contribution is -2.38. The molecule has 0 aromatic rings. The number of hydrogen-bond donors (Lipinski definition) is 4. The van der Waals surface area contributed by atoms with Gasteiger partial charge < -0.3 is 14.5 Å². The molecule has 0 aromatic heterocycles. The van der Waals surface area contributed by atoms with Crippen molar-refractivity contribution in [3.63, 3.8) is 0 Å². The zero-order chi connectivity index (χ0) is 80.6. The van der Waals surface area contributed by atoms with Gasteiger partial charge >= 0.3 is 17.7 Å². The van der Waals surface area contributed by atoms with Crippen molar-refractivity contribution in [1.29, 1.82) is 0 Å². The standard InChI is InChI=1S/C21H40N2O2.C20H38N2O2.C19H36N2O2.C16H33NO2.C15H31NO2/c1-4-7-8-9-10-11-12-13-14-15-16-17-18-21(5-2,6-3)19-20(24)22-23-25-19;1-4-6-7-8-9-10-11-12-13-14-15-16-17-20(3,5-2)18-19(23)21-22-24-18;1-3-5-6-7-8-9-10-11-12-13-14-15-16-17(4-2)18-19(22)20-21-23-18;1-3-4-5-6-7-8-9-10-11-12-13-14-15(2)16(18)17-19;1-2-3-4-5-6-7-8-9-10-11-12-13-14-15(17)16-18/h19H,4-18H2,1-3H3;18H,4-17H2,1-3H3;17-18H,3-16H2,1-2H3;15,19H,3-14H2,1-2H3,(H,17,18);18H,2-14H2,1H3,(H,16,17). The summed E-state index contributed by atoms with van der Waals surface area (Å²) in [6.45, 7) is 23.8. The van der Waals surface area contributed by atoms with E-state index < -0.39 is 18.3 Å². The molecule has 0 saturated carbocycles. The normalized spacial score (nSPS) is 16.0. The molecule has 4 N–H and O–H groups in total. The van der Waals surface area contributed by atoms with Gasteiger partial charge in [0, 0.05) is 44.9 Å². The Morgan fingerprint density at radius 2 is 0.633 bits per heavy atom. The third-order valence-electron chi connectivity index (χ3n) is 23.7. The van der Waals surface area contributed by atoms with Gasteiger partial charge in [-0.25, -0.2) is 11.0 Å². The van der Waals surface area contributed by atoms with Crippen molar-refractivity contribution in [3.05, 3.63) is 0 Å². The molecular weight excluding hydrogens is 1370 g/mol. The maximum absolute atomic E-state index is 11.9. The van der Waals surface area contributed by atoms with E-state index in [-0.39, 0.29) is 52.2 Å². The Kier molecular flexibility index (Phi) is 79.3. The molecule has 0 saturated heterocycles. The van der Waals surface area contributed by atoms with E-state index in [1.807, 2.05) is 6.92 Å². The van der Waals surface area contributed by atoms with Crippen LogP contribution in [0, 0.1) is 22.7 Å². The van der Waals surface area contributed by atoms with Gasteiger partial charge in [-0.05, 0) is 57.8 Å². The molecule has 3 heterocycles. The average Bonchev–Trinajstić information content (AvgIpc) is 1.73. The number of rotatable bonds is 72. The second-order valence-corrected chi connectivity index (χ2v) is 33.1. The number of nitrogens with zero attached hydrogens (tertiary/aromatic N) is 6. The molecule has 0 bridgehead atoms. The third-order valence-corrected chi connectivity index (χ3v) is 23.7. The fraction of sp³-hybridized carbons (Fsp3) is 0.945. The van der Waals surface area contributed by atoms with Crippen LogP contribution in [0.2, 0.25) is 0 Å². The van der Waals surface area contributed by atoms with Crippen molar-refractivity contribution in [1.82, 2.24) is 11.0 Å². The van der Waals surface area contributed by atoms with Crippen molar-refractivity contribution in [2.24, 2.45) is 53.8 Å².